The van der Waals surface area contributed by atoms with E-state index >= 15 is 0 Å². The van der Waals surface area contributed by atoms with Crippen molar-refractivity contribution in [3.63, 3.8) is 0 Å². The Bertz CT molecular complexity index is 1350. The first kappa shape index (κ1) is 23.0. The molecule has 0 radical (unpaired) electrons. The molecule has 1 aliphatic rings. The van der Waals surface area contributed by atoms with Crippen LogP contribution in [0.1, 0.15) is 21.5 Å². The molecule has 9 heteroatoms. The SMILES string of the molecule is COc1cc(/C=C2\N=C(c3cc(Cl)ccc3OC)OC2=O)ccc1OC(=O)c1ccccc1F. The molecule has 0 fully saturated rings. The molecule has 4 rings (SSSR count). The number of carbonyl (C=O) groups excluding carboxylic acids is 2. The van der Waals surface area contributed by atoms with Crippen molar-refractivity contribution in [1.82, 2.24) is 0 Å². The third-order valence-electron chi connectivity index (χ3n) is 4.80. The Balaban J connectivity index is 1.61. The van der Waals surface area contributed by atoms with Gasteiger partial charge in [-0.1, -0.05) is 29.8 Å². The molecule has 172 valence electrons. The van der Waals surface area contributed by atoms with E-state index in [1.54, 1.807) is 24.3 Å². The van der Waals surface area contributed by atoms with Crippen LogP contribution in [0, 0.1) is 5.82 Å². The molecule has 0 unspecified atom stereocenters. The van der Waals surface area contributed by atoms with Gasteiger partial charge in [0.1, 0.15) is 11.6 Å². The predicted octanol–water partition coefficient (Wildman–Crippen LogP) is 5.06. The summed E-state index contributed by atoms with van der Waals surface area (Å²) in [6, 6.07) is 14.9. The Morgan fingerprint density at radius 2 is 1.74 bits per heavy atom. The van der Waals surface area contributed by atoms with Gasteiger partial charge in [0.25, 0.3) is 0 Å². The summed E-state index contributed by atoms with van der Waals surface area (Å²) in [5.74, 6) is -1.45. The van der Waals surface area contributed by atoms with Gasteiger partial charge in [0.15, 0.2) is 17.2 Å². The first-order chi connectivity index (χ1) is 16.4. The second-order valence-electron chi connectivity index (χ2n) is 6.96. The van der Waals surface area contributed by atoms with Gasteiger partial charge >= 0.3 is 11.9 Å². The summed E-state index contributed by atoms with van der Waals surface area (Å²) in [5.41, 5.74) is 0.787. The van der Waals surface area contributed by atoms with Crippen LogP contribution in [0.4, 0.5) is 4.39 Å². The van der Waals surface area contributed by atoms with E-state index in [-0.39, 0.29) is 28.7 Å². The first-order valence-corrected chi connectivity index (χ1v) is 10.3. The molecule has 0 saturated heterocycles. The Kier molecular flexibility index (Phi) is 6.60. The van der Waals surface area contributed by atoms with E-state index in [4.69, 9.17) is 30.5 Å². The molecule has 0 saturated carbocycles. The van der Waals surface area contributed by atoms with Gasteiger partial charge < -0.3 is 18.9 Å². The van der Waals surface area contributed by atoms with Crippen molar-refractivity contribution in [2.75, 3.05) is 14.2 Å². The van der Waals surface area contributed by atoms with Gasteiger partial charge in [0.05, 0.1) is 25.3 Å². The summed E-state index contributed by atoms with van der Waals surface area (Å²) >= 11 is 6.05. The average molecular weight is 482 g/mol. The van der Waals surface area contributed by atoms with Crippen molar-refractivity contribution in [2.24, 2.45) is 4.99 Å². The second-order valence-corrected chi connectivity index (χ2v) is 7.40. The van der Waals surface area contributed by atoms with Crippen LogP contribution in [0.15, 0.2) is 71.4 Å². The highest BCUT2D eigenvalue weighted by molar-refractivity contribution is 6.31. The standard InChI is InChI=1S/C25H17ClFNO6/c1-31-20-10-8-15(26)13-17(20)23-28-19(25(30)34-23)11-14-7-9-21(22(12-14)32-2)33-24(29)16-5-3-4-6-18(16)27/h3-13H,1-2H3/b19-11-. The van der Waals surface area contributed by atoms with Gasteiger partial charge in [0.2, 0.25) is 5.90 Å². The zero-order valence-corrected chi connectivity index (χ0v) is 18.8. The Labute approximate surface area is 199 Å². The number of hydrogen-bond acceptors (Lipinski definition) is 7. The van der Waals surface area contributed by atoms with Gasteiger partial charge in [0, 0.05) is 5.02 Å². The molecule has 3 aromatic carbocycles. The molecular weight excluding hydrogens is 465 g/mol. The summed E-state index contributed by atoms with van der Waals surface area (Å²) < 4.78 is 35.0. The maximum absolute atomic E-state index is 13.9. The summed E-state index contributed by atoms with van der Waals surface area (Å²) in [6.45, 7) is 0. The highest BCUT2D eigenvalue weighted by Crippen LogP contribution is 2.32. The molecule has 0 bridgehead atoms. The number of cyclic esters (lactones) is 1. The summed E-state index contributed by atoms with van der Waals surface area (Å²) in [4.78, 5) is 29.0. The molecule has 0 amide bonds. The zero-order valence-electron chi connectivity index (χ0n) is 18.0. The minimum atomic E-state index is -0.869. The molecule has 34 heavy (non-hydrogen) atoms. The van der Waals surface area contributed by atoms with Crippen LogP contribution in [-0.4, -0.2) is 32.1 Å². The lowest BCUT2D eigenvalue weighted by molar-refractivity contribution is -0.129. The van der Waals surface area contributed by atoms with Crippen molar-refractivity contribution in [3.05, 3.63) is 93.9 Å². The molecule has 1 aliphatic heterocycles. The number of nitrogens with zero attached hydrogens (tertiary/aromatic N) is 1. The monoisotopic (exact) mass is 481 g/mol. The van der Waals surface area contributed by atoms with E-state index in [2.05, 4.69) is 4.99 Å². The second kappa shape index (κ2) is 9.76. The predicted molar refractivity (Wildman–Crippen MR) is 123 cm³/mol. The lowest BCUT2D eigenvalue weighted by atomic mass is 10.1. The maximum atomic E-state index is 13.9. The van der Waals surface area contributed by atoms with Crippen LogP contribution >= 0.6 is 11.6 Å². The van der Waals surface area contributed by atoms with Gasteiger partial charge in [-0.15, -0.1) is 0 Å². The van der Waals surface area contributed by atoms with Crippen LogP contribution in [0.2, 0.25) is 5.02 Å². The number of carbonyl (C=O) groups is 2. The lowest BCUT2D eigenvalue weighted by Crippen LogP contribution is -2.11. The summed E-state index contributed by atoms with van der Waals surface area (Å²) in [7, 11) is 2.87. The van der Waals surface area contributed by atoms with Crippen molar-refractivity contribution >= 4 is 35.5 Å². The first-order valence-electron chi connectivity index (χ1n) is 9.91. The largest absolute Gasteiger partial charge is 0.496 e. The molecule has 1 heterocycles. The highest BCUT2D eigenvalue weighted by atomic mass is 35.5. The fourth-order valence-electron chi connectivity index (χ4n) is 3.17. The van der Waals surface area contributed by atoms with E-state index < -0.39 is 17.8 Å². The third kappa shape index (κ3) is 4.77. The smallest absolute Gasteiger partial charge is 0.363 e. The maximum Gasteiger partial charge on any atom is 0.363 e. The average Bonchev–Trinajstić information content (AvgIpc) is 3.20. The van der Waals surface area contributed by atoms with E-state index in [0.717, 1.165) is 6.07 Å². The number of hydrogen-bond donors (Lipinski definition) is 0. The molecule has 0 aromatic heterocycles. The summed E-state index contributed by atoms with van der Waals surface area (Å²) in [5, 5.41) is 0.428. The van der Waals surface area contributed by atoms with Crippen molar-refractivity contribution in [3.8, 4) is 17.2 Å². The van der Waals surface area contributed by atoms with Gasteiger partial charge in [-0.25, -0.2) is 19.0 Å². The number of methoxy groups -OCH3 is 2. The summed E-state index contributed by atoms with van der Waals surface area (Å²) in [6.07, 6.45) is 1.48. The quantitative estimate of drug-likeness (QED) is 0.278. The molecule has 0 N–H and O–H groups in total. The van der Waals surface area contributed by atoms with Crippen molar-refractivity contribution in [1.29, 1.82) is 0 Å². The van der Waals surface area contributed by atoms with Crippen LogP contribution in [0.25, 0.3) is 6.08 Å². The van der Waals surface area contributed by atoms with Crippen molar-refractivity contribution in [2.45, 2.75) is 0 Å². The fourth-order valence-corrected chi connectivity index (χ4v) is 3.34. The number of aliphatic imine (C=N–C) groups is 1. The van der Waals surface area contributed by atoms with Crippen LogP contribution in [0.3, 0.4) is 0 Å². The molecule has 0 atom stereocenters. The highest BCUT2D eigenvalue weighted by Gasteiger charge is 2.27. The molecule has 0 aliphatic carbocycles. The van der Waals surface area contributed by atoms with Crippen LogP contribution in [-0.2, 0) is 9.53 Å². The van der Waals surface area contributed by atoms with E-state index in [1.165, 1.54) is 50.6 Å². The molecule has 3 aromatic rings. The third-order valence-corrected chi connectivity index (χ3v) is 5.04. The zero-order chi connectivity index (χ0) is 24.2. The van der Waals surface area contributed by atoms with E-state index in [1.807, 2.05) is 0 Å². The number of rotatable bonds is 6. The minimum Gasteiger partial charge on any atom is -0.496 e. The molecule has 0 spiro atoms. The fraction of sp³-hybridized carbons (Fsp3) is 0.0800. The molecular formula is C25H17ClFNO6. The normalized spacial score (nSPS) is 13.9. The van der Waals surface area contributed by atoms with Gasteiger partial charge in [-0.2, -0.15) is 0 Å². The number of halogens is 2. The Morgan fingerprint density at radius 3 is 2.47 bits per heavy atom. The number of ether oxygens (including phenoxy) is 4. The van der Waals surface area contributed by atoms with E-state index in [9.17, 15) is 14.0 Å². The Morgan fingerprint density at radius 1 is 1.00 bits per heavy atom. The Hall–Kier alpha value is -4.17. The minimum absolute atomic E-state index is 0.0372. The number of esters is 2. The topological polar surface area (TPSA) is 83.4 Å². The van der Waals surface area contributed by atoms with Crippen LogP contribution < -0.4 is 14.2 Å². The molecule has 7 nitrogen and oxygen atoms in total. The van der Waals surface area contributed by atoms with Gasteiger partial charge in [-0.3, -0.25) is 0 Å². The van der Waals surface area contributed by atoms with Crippen LogP contribution in [0.5, 0.6) is 17.2 Å². The number of benzene rings is 3. The van der Waals surface area contributed by atoms with E-state index in [0.29, 0.717) is 21.9 Å². The van der Waals surface area contributed by atoms with Crippen molar-refractivity contribution < 1.29 is 32.9 Å². The van der Waals surface area contributed by atoms with Gasteiger partial charge in [-0.05, 0) is 54.1 Å². The lowest BCUT2D eigenvalue weighted by Gasteiger charge is -2.10.